The molecule has 0 saturated heterocycles. The minimum atomic E-state index is -0.237. The average molecular weight is 1140 g/mol. The molecule has 14 rings (SSSR count). The number of rotatable bonds is 5. The molecular formula is C82H88BN3O. The number of anilines is 8. The van der Waals surface area contributed by atoms with Crippen LogP contribution in [0.4, 0.5) is 45.5 Å². The summed E-state index contributed by atoms with van der Waals surface area (Å²) in [5.74, 6) is 0. The number of nitrogens with zero attached hydrogens (tertiary/aromatic N) is 3. The molecule has 5 heteroatoms. The molecule has 0 spiro atoms. The summed E-state index contributed by atoms with van der Waals surface area (Å²) in [6.45, 7) is 40.3. The fourth-order valence-corrected chi connectivity index (χ4v) is 15.6. The van der Waals surface area contributed by atoms with Gasteiger partial charge in [0.25, 0.3) is 6.71 Å². The average Bonchev–Trinajstić information content (AvgIpc) is 1.68. The Morgan fingerprint density at radius 3 is 1.46 bits per heavy atom. The van der Waals surface area contributed by atoms with Crippen LogP contribution in [0, 0.1) is 0 Å². The molecule has 10 aromatic rings. The first-order chi connectivity index (χ1) is 41.0. The van der Waals surface area contributed by atoms with Crippen LogP contribution in [0.2, 0.25) is 0 Å². The van der Waals surface area contributed by atoms with Gasteiger partial charge in [-0.2, -0.15) is 0 Å². The summed E-state index contributed by atoms with van der Waals surface area (Å²) in [5.41, 5.74) is 27.7. The predicted molar refractivity (Wildman–Crippen MR) is 375 cm³/mol. The van der Waals surface area contributed by atoms with E-state index in [1.54, 1.807) is 0 Å². The van der Waals surface area contributed by atoms with E-state index >= 15 is 0 Å². The van der Waals surface area contributed by atoms with E-state index in [-0.39, 0.29) is 44.7 Å². The van der Waals surface area contributed by atoms with E-state index in [1.165, 1.54) is 131 Å². The van der Waals surface area contributed by atoms with E-state index in [0.717, 1.165) is 34.0 Å². The molecule has 2 atom stereocenters. The van der Waals surface area contributed by atoms with Gasteiger partial charge in [-0.25, -0.2) is 0 Å². The summed E-state index contributed by atoms with van der Waals surface area (Å²) in [6, 6.07) is 68.9. The molecule has 1 saturated carbocycles. The fraction of sp³-hybridized carbons (Fsp3) is 0.341. The van der Waals surface area contributed by atoms with Gasteiger partial charge in [0.1, 0.15) is 11.2 Å². The highest BCUT2D eigenvalue weighted by Crippen LogP contribution is 2.62. The highest BCUT2D eigenvalue weighted by atomic mass is 16.3. The van der Waals surface area contributed by atoms with Crippen LogP contribution in [0.15, 0.2) is 180 Å². The molecule has 3 aliphatic heterocycles. The summed E-state index contributed by atoms with van der Waals surface area (Å²) in [7, 11) is 0. The zero-order valence-electron chi connectivity index (χ0n) is 54.9. The van der Waals surface area contributed by atoms with Crippen molar-refractivity contribution in [3.63, 3.8) is 0 Å². The van der Waals surface area contributed by atoms with Gasteiger partial charge in [0, 0.05) is 50.4 Å². The van der Waals surface area contributed by atoms with Gasteiger partial charge >= 0.3 is 0 Å². The summed E-state index contributed by atoms with van der Waals surface area (Å²) >= 11 is 0. The van der Waals surface area contributed by atoms with E-state index < -0.39 is 0 Å². The molecule has 0 amide bonds. The molecule has 1 aromatic heterocycles. The van der Waals surface area contributed by atoms with E-state index in [1.807, 2.05) is 0 Å². The van der Waals surface area contributed by atoms with Crippen molar-refractivity contribution in [1.29, 1.82) is 0 Å². The lowest BCUT2D eigenvalue weighted by atomic mass is 9.33. The number of hydrogen-bond donors (Lipinski definition) is 0. The maximum absolute atomic E-state index is 7.10. The Balaban J connectivity index is 1.14. The van der Waals surface area contributed by atoms with E-state index in [0.29, 0.717) is 0 Å². The molecule has 1 fully saturated rings. The minimum Gasteiger partial charge on any atom is -0.456 e. The minimum absolute atomic E-state index is 0.0292. The first kappa shape index (κ1) is 57.0. The molecular weight excluding hydrogens is 1050 g/mol. The van der Waals surface area contributed by atoms with Crippen LogP contribution in [-0.2, 0) is 32.5 Å². The van der Waals surface area contributed by atoms with Crippen LogP contribution >= 0.6 is 0 Å². The van der Waals surface area contributed by atoms with Crippen LogP contribution in [-0.4, -0.2) is 12.3 Å². The second kappa shape index (κ2) is 19.4. The van der Waals surface area contributed by atoms with Gasteiger partial charge in [-0.15, -0.1) is 0 Å². The summed E-state index contributed by atoms with van der Waals surface area (Å²) in [6.07, 6.45) is 4.73. The Morgan fingerprint density at radius 1 is 0.402 bits per heavy atom. The number of benzene rings is 9. The fourth-order valence-electron chi connectivity index (χ4n) is 15.6. The van der Waals surface area contributed by atoms with Gasteiger partial charge in [-0.3, -0.25) is 0 Å². The standard InChI is InChI=1S/C82H88BN3O/c1-76(2,3)53-30-37-65(59(44-53)51-26-20-18-21-27-51)84-68-50-58(86-67-39-32-56(79(10,11)12)47-62(67)81(16)42-24-25-43-82(81,86)17)34-35-63(68)83-64-36-41-72-73(61-46-55(78(7,8)9)33-40-71(61)87-72)75(64)85(70-49-57(80(13,14)15)48-69(84)74(70)83)66-38-31-54(77(4,5)6)45-60(66)52-28-22-19-23-29-52/h18-23,26-41,44-50H,24-25,42-43H2,1-17H3. The maximum atomic E-state index is 7.10. The normalized spacial score (nSPS) is 18.4. The van der Waals surface area contributed by atoms with Crippen LogP contribution in [0.25, 0.3) is 44.2 Å². The maximum Gasteiger partial charge on any atom is 0.252 e. The van der Waals surface area contributed by atoms with Crippen molar-refractivity contribution < 1.29 is 4.42 Å². The Labute approximate surface area is 519 Å². The lowest BCUT2D eigenvalue weighted by molar-refractivity contribution is 0.195. The Bertz CT molecular complexity index is 4420. The van der Waals surface area contributed by atoms with Crippen molar-refractivity contribution >= 4 is 90.5 Å². The van der Waals surface area contributed by atoms with Gasteiger partial charge in [-0.1, -0.05) is 227 Å². The Hall–Kier alpha value is -7.76. The third-order valence-electron chi connectivity index (χ3n) is 21.0. The third-order valence-corrected chi connectivity index (χ3v) is 21.0. The summed E-state index contributed by atoms with van der Waals surface area (Å²) < 4.78 is 7.10. The van der Waals surface area contributed by atoms with Crippen LogP contribution in [0.5, 0.6) is 0 Å². The number of hydrogen-bond acceptors (Lipinski definition) is 4. The lowest BCUT2D eigenvalue weighted by Crippen LogP contribution is -2.61. The first-order valence-electron chi connectivity index (χ1n) is 32.3. The molecule has 2 unspecified atom stereocenters. The van der Waals surface area contributed by atoms with Gasteiger partial charge in [0.2, 0.25) is 0 Å². The lowest BCUT2D eigenvalue weighted by Gasteiger charge is -2.51. The number of furan rings is 1. The second-order valence-corrected chi connectivity index (χ2v) is 31.8. The smallest absolute Gasteiger partial charge is 0.252 e. The highest BCUT2D eigenvalue weighted by molar-refractivity contribution is 7.00. The van der Waals surface area contributed by atoms with Crippen molar-refractivity contribution in [3.05, 3.63) is 209 Å². The molecule has 0 N–H and O–H groups in total. The molecule has 440 valence electrons. The van der Waals surface area contributed by atoms with Crippen LogP contribution < -0.4 is 31.1 Å². The molecule has 4 heterocycles. The summed E-state index contributed by atoms with van der Waals surface area (Å²) in [5, 5.41) is 2.30. The van der Waals surface area contributed by atoms with Gasteiger partial charge in [0.05, 0.1) is 28.0 Å². The van der Waals surface area contributed by atoms with Crippen LogP contribution in [0.1, 0.15) is 177 Å². The monoisotopic (exact) mass is 1140 g/mol. The molecule has 0 radical (unpaired) electrons. The summed E-state index contributed by atoms with van der Waals surface area (Å²) in [4.78, 5) is 8.20. The predicted octanol–water partition coefficient (Wildman–Crippen LogP) is 21.2. The van der Waals surface area contributed by atoms with Gasteiger partial charge in [-0.05, 0) is 181 Å². The van der Waals surface area contributed by atoms with Gasteiger partial charge in [0.15, 0.2) is 0 Å². The molecule has 87 heavy (non-hydrogen) atoms. The van der Waals surface area contributed by atoms with Crippen molar-refractivity contribution in [1.82, 2.24) is 0 Å². The Kier molecular flexibility index (Phi) is 12.7. The first-order valence-corrected chi connectivity index (χ1v) is 32.3. The van der Waals surface area contributed by atoms with E-state index in [2.05, 4.69) is 308 Å². The largest absolute Gasteiger partial charge is 0.456 e. The molecule has 1 aliphatic carbocycles. The van der Waals surface area contributed by atoms with Gasteiger partial charge < -0.3 is 19.1 Å². The quantitative estimate of drug-likeness (QED) is 0.160. The molecule has 0 bridgehead atoms. The molecule has 4 aliphatic rings. The molecule has 4 nitrogen and oxygen atoms in total. The second-order valence-electron chi connectivity index (χ2n) is 31.8. The molecule has 9 aromatic carbocycles. The SMILES string of the molecule is CC(C)(C)c1ccc(N2c3cc(N4c5ccc(C(C)(C)C)cc5C5(C)CCCCC45C)ccc3B3c4ccc5oc6ccc(C(C)(C)C)cc6c5c4N(c4ccc(C(C)(C)C)cc4-c4ccccc4)c4cc(C(C)(C)C)cc2c43)c(-c2ccccc2)c1. The highest BCUT2D eigenvalue weighted by Gasteiger charge is 2.58. The zero-order chi connectivity index (χ0) is 61.3. The number of fused-ring (bicyclic) bond motifs is 11. The van der Waals surface area contributed by atoms with Crippen molar-refractivity contribution in [2.75, 3.05) is 14.7 Å². The van der Waals surface area contributed by atoms with Crippen LogP contribution in [0.3, 0.4) is 0 Å². The Morgan fingerprint density at radius 2 is 0.885 bits per heavy atom. The van der Waals surface area contributed by atoms with Crippen molar-refractivity contribution in [2.45, 2.75) is 181 Å². The topological polar surface area (TPSA) is 22.9 Å². The van der Waals surface area contributed by atoms with E-state index in [9.17, 15) is 0 Å². The van der Waals surface area contributed by atoms with E-state index in [4.69, 9.17) is 4.42 Å². The zero-order valence-corrected chi connectivity index (χ0v) is 54.9. The van der Waals surface area contributed by atoms with Crippen molar-refractivity contribution in [2.24, 2.45) is 0 Å². The van der Waals surface area contributed by atoms with Crippen molar-refractivity contribution in [3.8, 4) is 22.3 Å². The third kappa shape index (κ3) is 8.89.